The summed E-state index contributed by atoms with van der Waals surface area (Å²) in [6, 6.07) is 7.10. The molecule has 45 heavy (non-hydrogen) atoms. The molecule has 2 saturated heterocycles. The average Bonchev–Trinajstić information content (AvgIpc) is 2.94. The van der Waals surface area contributed by atoms with Crippen molar-refractivity contribution in [2.45, 2.75) is 65.2 Å². The molecule has 2 aromatic rings. The molecule has 0 bridgehead atoms. The van der Waals surface area contributed by atoms with Gasteiger partial charge in [-0.25, -0.2) is 19.6 Å². The highest BCUT2D eigenvalue weighted by Gasteiger charge is 2.30. The van der Waals surface area contributed by atoms with E-state index in [-0.39, 0.29) is 24.9 Å². The zero-order chi connectivity index (χ0) is 33.8. The van der Waals surface area contributed by atoms with Crippen LogP contribution in [0, 0.1) is 0 Å². The number of hydrogen-bond acceptors (Lipinski definition) is 8. The summed E-state index contributed by atoms with van der Waals surface area (Å²) in [5, 5.41) is 3.57. The molecule has 248 valence electrons. The van der Waals surface area contributed by atoms with Crippen LogP contribution in [-0.2, 0) is 31.5 Å². The van der Waals surface area contributed by atoms with Crippen LogP contribution < -0.4 is 5.32 Å². The second-order valence-corrected chi connectivity index (χ2v) is 13.1. The van der Waals surface area contributed by atoms with Crippen LogP contribution >= 0.6 is 34.8 Å². The zero-order valence-electron chi connectivity index (χ0n) is 26.4. The van der Waals surface area contributed by atoms with Crippen LogP contribution in [-0.4, -0.2) is 99.1 Å². The molecule has 15 heteroatoms. The minimum absolute atomic E-state index is 0.0376. The number of hydrogen-bond donors (Lipinski definition) is 1. The Kier molecular flexibility index (Phi) is 14.6. The van der Waals surface area contributed by atoms with Crippen molar-refractivity contribution < 1.29 is 28.7 Å². The normalized spacial score (nSPS) is 15.2. The van der Waals surface area contributed by atoms with Crippen molar-refractivity contribution in [3.05, 3.63) is 58.1 Å². The van der Waals surface area contributed by atoms with Gasteiger partial charge >= 0.3 is 12.2 Å². The topological polar surface area (TPSA) is 134 Å². The first-order valence-corrected chi connectivity index (χ1v) is 15.5. The molecule has 2 fully saturated rings. The highest BCUT2D eigenvalue weighted by Crippen LogP contribution is 2.15. The van der Waals surface area contributed by atoms with Crippen molar-refractivity contribution in [1.29, 1.82) is 0 Å². The molecule has 2 aromatic heterocycles. The molecule has 0 aromatic carbocycles. The van der Waals surface area contributed by atoms with E-state index in [0.717, 1.165) is 11.1 Å². The van der Waals surface area contributed by atoms with Crippen molar-refractivity contribution in [1.82, 2.24) is 30.0 Å². The van der Waals surface area contributed by atoms with E-state index in [0.29, 0.717) is 48.9 Å². The largest absolute Gasteiger partial charge is 0.444 e. The summed E-state index contributed by atoms with van der Waals surface area (Å²) in [6.45, 7) is 13.3. The molecular formula is C30H41Cl3N6O6. The molecular weight excluding hydrogens is 647 g/mol. The Balaban J connectivity index is 0.000000261. The van der Waals surface area contributed by atoms with Crippen molar-refractivity contribution >= 4 is 58.8 Å². The Labute approximate surface area is 279 Å². The number of rotatable bonds is 3. The predicted octanol–water partition coefficient (Wildman–Crippen LogP) is 5.14. The van der Waals surface area contributed by atoms with Crippen molar-refractivity contribution in [2.75, 3.05) is 39.3 Å². The first-order chi connectivity index (χ1) is 21.0. The van der Waals surface area contributed by atoms with Crippen LogP contribution in [0.4, 0.5) is 9.59 Å². The van der Waals surface area contributed by atoms with Crippen LogP contribution in [0.2, 0.25) is 10.3 Å². The fourth-order valence-electron chi connectivity index (χ4n) is 3.68. The molecule has 0 unspecified atom stereocenters. The lowest BCUT2D eigenvalue weighted by Gasteiger charge is -2.35. The lowest BCUT2D eigenvalue weighted by molar-refractivity contribution is -0.136. The van der Waals surface area contributed by atoms with Crippen LogP contribution in [0.5, 0.6) is 0 Å². The van der Waals surface area contributed by atoms with Crippen molar-refractivity contribution in [3.8, 4) is 0 Å². The Morgan fingerprint density at radius 2 is 1.31 bits per heavy atom. The van der Waals surface area contributed by atoms with Gasteiger partial charge in [-0.05, 0) is 64.8 Å². The van der Waals surface area contributed by atoms with E-state index < -0.39 is 23.4 Å². The third-order valence-corrected chi connectivity index (χ3v) is 6.52. The smallest absolute Gasteiger partial charge is 0.410 e. The third-order valence-electron chi connectivity index (χ3n) is 5.77. The highest BCUT2D eigenvalue weighted by atomic mass is 35.5. The standard InChI is InChI=1S/C15H20ClN3O3.C9H16N2O3.C6H5Cl2N/c1-15(2,3)22-14(21)19-7-6-18(13(20)10-19)9-11-4-5-12(16)17-8-11;1-9(2,3)14-8(13)11-5-4-10-7(12)6-11;7-3-5-1-2-6(8)9-4-5/h4-5,8H,6-7,9-10H2,1-3H3;4-6H2,1-3H3,(H,10,12);1-2,4H,3H2. The number of ether oxygens (including phenoxy) is 2. The molecule has 4 rings (SSSR count). The lowest BCUT2D eigenvalue weighted by Crippen LogP contribution is -2.52. The number of piperazine rings is 2. The number of carbonyl (C=O) groups excluding carboxylic acids is 4. The lowest BCUT2D eigenvalue weighted by atomic mass is 10.2. The Hall–Kier alpha value is -3.35. The SMILES string of the molecule is CC(C)(C)OC(=O)N1CCN(Cc2ccc(Cl)nc2)C(=O)C1.CC(C)(C)OC(=O)N1CCNC(=O)C1.ClCc1ccc(Cl)nc1. The van der Waals surface area contributed by atoms with Gasteiger partial charge in [-0.1, -0.05) is 35.3 Å². The van der Waals surface area contributed by atoms with Gasteiger partial charge < -0.3 is 19.7 Å². The summed E-state index contributed by atoms with van der Waals surface area (Å²) in [7, 11) is 0. The zero-order valence-corrected chi connectivity index (χ0v) is 28.7. The summed E-state index contributed by atoms with van der Waals surface area (Å²) in [5.41, 5.74) is 0.821. The van der Waals surface area contributed by atoms with Gasteiger partial charge in [0.25, 0.3) is 0 Å². The summed E-state index contributed by atoms with van der Waals surface area (Å²) < 4.78 is 10.4. The highest BCUT2D eigenvalue weighted by molar-refractivity contribution is 6.29. The predicted molar refractivity (Wildman–Crippen MR) is 172 cm³/mol. The number of amides is 4. The Morgan fingerprint density at radius 3 is 1.73 bits per heavy atom. The fraction of sp³-hybridized carbons (Fsp3) is 0.533. The van der Waals surface area contributed by atoms with Gasteiger partial charge in [-0.15, -0.1) is 11.6 Å². The van der Waals surface area contributed by atoms with Crippen molar-refractivity contribution in [3.63, 3.8) is 0 Å². The van der Waals surface area contributed by atoms with E-state index in [9.17, 15) is 19.2 Å². The van der Waals surface area contributed by atoms with E-state index >= 15 is 0 Å². The second kappa shape index (κ2) is 17.4. The number of aromatic nitrogens is 2. The van der Waals surface area contributed by atoms with Gasteiger partial charge in [0.15, 0.2) is 0 Å². The van der Waals surface area contributed by atoms with Gasteiger partial charge in [0.05, 0.1) is 0 Å². The maximum Gasteiger partial charge on any atom is 0.410 e. The molecule has 1 N–H and O–H groups in total. The number of nitrogens with zero attached hydrogens (tertiary/aromatic N) is 5. The van der Waals surface area contributed by atoms with Crippen LogP contribution in [0.1, 0.15) is 52.7 Å². The molecule has 12 nitrogen and oxygen atoms in total. The van der Waals surface area contributed by atoms with Crippen LogP contribution in [0.3, 0.4) is 0 Å². The van der Waals surface area contributed by atoms with Crippen molar-refractivity contribution in [2.24, 2.45) is 0 Å². The van der Waals surface area contributed by atoms with Crippen LogP contribution in [0.25, 0.3) is 0 Å². The van der Waals surface area contributed by atoms with E-state index in [1.165, 1.54) is 9.80 Å². The summed E-state index contributed by atoms with van der Waals surface area (Å²) in [4.78, 5) is 59.0. The number of halogens is 3. The molecule has 0 atom stereocenters. The Bertz CT molecular complexity index is 1280. The first kappa shape index (κ1) is 37.8. The maximum atomic E-state index is 12.2. The molecule has 0 saturated carbocycles. The first-order valence-electron chi connectivity index (χ1n) is 14.2. The molecule has 2 aliphatic heterocycles. The summed E-state index contributed by atoms with van der Waals surface area (Å²) >= 11 is 16.8. The number of alkyl halides is 1. The molecule has 4 heterocycles. The van der Waals surface area contributed by atoms with Gasteiger partial charge in [0.2, 0.25) is 11.8 Å². The summed E-state index contributed by atoms with van der Waals surface area (Å²) in [5.74, 6) is 0.249. The monoisotopic (exact) mass is 686 g/mol. The molecule has 2 aliphatic rings. The maximum absolute atomic E-state index is 12.2. The van der Waals surface area contributed by atoms with Gasteiger partial charge in [-0.2, -0.15) is 0 Å². The van der Waals surface area contributed by atoms with E-state index in [1.54, 1.807) is 71.0 Å². The fourth-order valence-corrected chi connectivity index (χ4v) is 4.07. The third kappa shape index (κ3) is 15.0. The molecule has 0 radical (unpaired) electrons. The van der Waals surface area contributed by atoms with Gasteiger partial charge in [-0.3, -0.25) is 19.4 Å². The van der Waals surface area contributed by atoms with E-state index in [1.807, 2.05) is 12.1 Å². The quantitative estimate of drug-likeness (QED) is 0.346. The number of nitrogens with one attached hydrogen (secondary N) is 1. The van der Waals surface area contributed by atoms with E-state index in [4.69, 9.17) is 44.3 Å². The van der Waals surface area contributed by atoms with Gasteiger partial charge in [0.1, 0.15) is 34.6 Å². The van der Waals surface area contributed by atoms with E-state index in [2.05, 4.69) is 15.3 Å². The average molecular weight is 688 g/mol. The summed E-state index contributed by atoms with van der Waals surface area (Å²) in [6.07, 6.45) is 2.44. The van der Waals surface area contributed by atoms with Gasteiger partial charge in [0, 0.05) is 51.0 Å². The minimum atomic E-state index is -0.563. The van der Waals surface area contributed by atoms with Crippen LogP contribution in [0.15, 0.2) is 36.7 Å². The molecule has 4 amide bonds. The minimum Gasteiger partial charge on any atom is -0.444 e. The molecule has 0 spiro atoms. The number of pyridine rings is 2. The Morgan fingerprint density at radius 1 is 0.800 bits per heavy atom. The number of carbonyl (C=O) groups is 4. The second-order valence-electron chi connectivity index (χ2n) is 12.1. The molecule has 0 aliphatic carbocycles.